The van der Waals surface area contributed by atoms with Gasteiger partial charge in [0.1, 0.15) is 23.3 Å². The van der Waals surface area contributed by atoms with Gasteiger partial charge in [0.2, 0.25) is 5.91 Å². The highest BCUT2D eigenvalue weighted by molar-refractivity contribution is 5.90. The number of hydrogen-bond donors (Lipinski definition) is 3. The Labute approximate surface area is 176 Å². The van der Waals surface area contributed by atoms with Crippen molar-refractivity contribution in [2.24, 2.45) is 0 Å². The first kappa shape index (κ1) is 18.9. The fourth-order valence-electron chi connectivity index (χ4n) is 4.91. The molecule has 156 valence electrons. The number of amides is 1. The summed E-state index contributed by atoms with van der Waals surface area (Å²) in [6.07, 6.45) is 9.43. The largest absolute Gasteiger partial charge is 0.371 e. The van der Waals surface area contributed by atoms with Gasteiger partial charge in [-0.25, -0.2) is 9.97 Å². The van der Waals surface area contributed by atoms with Crippen molar-refractivity contribution >= 4 is 28.4 Å². The van der Waals surface area contributed by atoms with E-state index in [-0.39, 0.29) is 11.9 Å². The third kappa shape index (κ3) is 3.60. The number of anilines is 2. The van der Waals surface area contributed by atoms with Gasteiger partial charge >= 0.3 is 0 Å². The number of aromatic amines is 1. The van der Waals surface area contributed by atoms with Crippen molar-refractivity contribution in [3.8, 4) is 0 Å². The number of piperidine rings is 1. The first-order valence-corrected chi connectivity index (χ1v) is 10.9. The monoisotopic (exact) mass is 404 g/mol. The van der Waals surface area contributed by atoms with E-state index in [0.717, 1.165) is 74.2 Å². The number of fused-ring (bicyclic) bond motifs is 1. The van der Waals surface area contributed by atoms with Crippen LogP contribution in [0.3, 0.4) is 0 Å². The van der Waals surface area contributed by atoms with Crippen molar-refractivity contribution in [1.29, 1.82) is 0 Å². The van der Waals surface area contributed by atoms with Gasteiger partial charge in [0, 0.05) is 31.0 Å². The van der Waals surface area contributed by atoms with Gasteiger partial charge in [0.25, 0.3) is 0 Å². The zero-order valence-corrected chi connectivity index (χ0v) is 17.1. The lowest BCUT2D eigenvalue weighted by molar-refractivity contribution is -0.126. The molecule has 0 bridgehead atoms. The van der Waals surface area contributed by atoms with Crippen LogP contribution < -0.4 is 15.5 Å². The van der Waals surface area contributed by atoms with E-state index in [2.05, 4.69) is 30.5 Å². The number of carbonyl (C=O) groups excluding carboxylic acids is 1. The number of benzene rings is 1. The molecule has 1 atom stereocenters. The molecule has 5 rings (SSSR count). The number of rotatable bonds is 5. The Morgan fingerprint density at radius 3 is 2.77 bits per heavy atom. The SMILES string of the molecule is O=C(NC1CCCN(c2ncnc3[nH]ccc23)C1)C1(Nc2ccccc2)CCCC1. The van der Waals surface area contributed by atoms with Gasteiger partial charge in [-0.05, 0) is 43.9 Å². The van der Waals surface area contributed by atoms with E-state index in [1.54, 1.807) is 6.33 Å². The molecule has 3 aromatic rings. The minimum Gasteiger partial charge on any atom is -0.371 e. The molecule has 1 saturated carbocycles. The summed E-state index contributed by atoms with van der Waals surface area (Å²) in [5.74, 6) is 1.07. The molecule has 2 aliphatic rings. The minimum absolute atomic E-state index is 0.116. The predicted molar refractivity (Wildman–Crippen MR) is 119 cm³/mol. The number of carbonyl (C=O) groups is 1. The molecule has 30 heavy (non-hydrogen) atoms. The second-order valence-electron chi connectivity index (χ2n) is 8.48. The van der Waals surface area contributed by atoms with Crippen LogP contribution in [0.15, 0.2) is 48.9 Å². The van der Waals surface area contributed by atoms with E-state index >= 15 is 0 Å². The predicted octanol–water partition coefficient (Wildman–Crippen LogP) is 3.47. The summed E-state index contributed by atoms with van der Waals surface area (Å²) in [5.41, 5.74) is 1.35. The molecule has 3 heterocycles. The second-order valence-corrected chi connectivity index (χ2v) is 8.48. The third-order valence-electron chi connectivity index (χ3n) is 6.44. The van der Waals surface area contributed by atoms with Gasteiger partial charge in [0.05, 0.1) is 5.39 Å². The summed E-state index contributed by atoms with van der Waals surface area (Å²) >= 11 is 0. The minimum atomic E-state index is -0.507. The molecule has 1 aliphatic heterocycles. The Morgan fingerprint density at radius 1 is 1.10 bits per heavy atom. The molecule has 1 aromatic carbocycles. The maximum Gasteiger partial charge on any atom is 0.245 e. The third-order valence-corrected chi connectivity index (χ3v) is 6.44. The van der Waals surface area contributed by atoms with Crippen LogP contribution in [0, 0.1) is 0 Å². The van der Waals surface area contributed by atoms with Crippen LogP contribution in [0.25, 0.3) is 11.0 Å². The molecule has 7 heteroatoms. The van der Waals surface area contributed by atoms with Gasteiger partial charge in [-0.2, -0.15) is 0 Å². The second kappa shape index (κ2) is 7.97. The molecule has 3 N–H and O–H groups in total. The smallest absolute Gasteiger partial charge is 0.245 e. The van der Waals surface area contributed by atoms with E-state index < -0.39 is 5.54 Å². The molecular weight excluding hydrogens is 376 g/mol. The molecule has 1 saturated heterocycles. The average molecular weight is 405 g/mol. The fraction of sp³-hybridized carbons (Fsp3) is 0.435. The lowest BCUT2D eigenvalue weighted by atomic mass is 9.94. The molecule has 2 fully saturated rings. The maximum absolute atomic E-state index is 13.4. The standard InChI is InChI=1S/C23H28N6O/c30-22(23(11-4-5-12-23)28-17-7-2-1-3-8-17)27-18-9-6-14-29(15-18)21-19-10-13-24-20(19)25-16-26-21/h1-3,7-8,10,13,16,18,28H,4-6,9,11-12,14-15H2,(H,27,30)(H,24,25,26). The van der Waals surface area contributed by atoms with Crippen LogP contribution >= 0.6 is 0 Å². The first-order chi connectivity index (χ1) is 14.7. The van der Waals surface area contributed by atoms with Crippen LogP contribution in [0.2, 0.25) is 0 Å². The first-order valence-electron chi connectivity index (χ1n) is 10.9. The summed E-state index contributed by atoms with van der Waals surface area (Å²) in [6, 6.07) is 12.2. The van der Waals surface area contributed by atoms with E-state index in [1.165, 1.54) is 0 Å². The average Bonchev–Trinajstić information content (AvgIpc) is 3.45. The lowest BCUT2D eigenvalue weighted by Gasteiger charge is -2.37. The molecule has 1 amide bonds. The molecule has 2 aromatic heterocycles. The number of nitrogens with zero attached hydrogens (tertiary/aromatic N) is 3. The number of para-hydroxylation sites is 1. The highest BCUT2D eigenvalue weighted by atomic mass is 16.2. The van der Waals surface area contributed by atoms with Gasteiger partial charge in [0.15, 0.2) is 0 Å². The van der Waals surface area contributed by atoms with Gasteiger partial charge in [-0.15, -0.1) is 0 Å². The van der Waals surface area contributed by atoms with Crippen molar-refractivity contribution < 1.29 is 4.79 Å². The maximum atomic E-state index is 13.4. The van der Waals surface area contributed by atoms with E-state index in [1.807, 2.05) is 42.6 Å². The molecule has 1 aliphatic carbocycles. The summed E-state index contributed by atoms with van der Waals surface area (Å²) in [4.78, 5) is 27.7. The van der Waals surface area contributed by atoms with Crippen LogP contribution in [-0.4, -0.2) is 45.5 Å². The highest BCUT2D eigenvalue weighted by Crippen LogP contribution is 2.34. The summed E-state index contributed by atoms with van der Waals surface area (Å²) < 4.78 is 0. The summed E-state index contributed by atoms with van der Waals surface area (Å²) in [6.45, 7) is 1.71. The number of nitrogens with one attached hydrogen (secondary N) is 3. The molecule has 1 unspecified atom stereocenters. The topological polar surface area (TPSA) is 85.9 Å². The Balaban J connectivity index is 1.31. The summed E-state index contributed by atoms with van der Waals surface area (Å²) in [5, 5.41) is 7.96. The van der Waals surface area contributed by atoms with Crippen molar-refractivity contribution in [1.82, 2.24) is 20.3 Å². The van der Waals surface area contributed by atoms with Crippen LogP contribution in [0.5, 0.6) is 0 Å². The van der Waals surface area contributed by atoms with Crippen LogP contribution in [-0.2, 0) is 4.79 Å². The molecule has 0 radical (unpaired) electrons. The highest BCUT2D eigenvalue weighted by Gasteiger charge is 2.42. The Kier molecular flexibility index (Phi) is 5.02. The van der Waals surface area contributed by atoms with Gasteiger partial charge < -0.3 is 20.5 Å². The van der Waals surface area contributed by atoms with Crippen molar-refractivity contribution in [2.45, 2.75) is 50.1 Å². The molecule has 0 spiro atoms. The van der Waals surface area contributed by atoms with Crippen molar-refractivity contribution in [2.75, 3.05) is 23.3 Å². The van der Waals surface area contributed by atoms with Gasteiger partial charge in [-0.1, -0.05) is 31.0 Å². The zero-order chi connectivity index (χ0) is 20.4. The summed E-state index contributed by atoms with van der Waals surface area (Å²) in [7, 11) is 0. The van der Waals surface area contributed by atoms with E-state index in [4.69, 9.17) is 0 Å². The van der Waals surface area contributed by atoms with Gasteiger partial charge in [-0.3, -0.25) is 4.79 Å². The number of aromatic nitrogens is 3. The fourth-order valence-corrected chi connectivity index (χ4v) is 4.91. The Bertz CT molecular complexity index is 1010. The van der Waals surface area contributed by atoms with Crippen LogP contribution in [0.1, 0.15) is 38.5 Å². The number of H-pyrrole nitrogens is 1. The van der Waals surface area contributed by atoms with E-state index in [0.29, 0.717) is 0 Å². The van der Waals surface area contributed by atoms with Crippen molar-refractivity contribution in [3.05, 3.63) is 48.9 Å². The zero-order valence-electron chi connectivity index (χ0n) is 17.1. The molecular formula is C23H28N6O. The molecule has 7 nitrogen and oxygen atoms in total. The Morgan fingerprint density at radius 2 is 1.93 bits per heavy atom. The van der Waals surface area contributed by atoms with Crippen molar-refractivity contribution in [3.63, 3.8) is 0 Å². The van der Waals surface area contributed by atoms with Crippen LogP contribution in [0.4, 0.5) is 11.5 Å². The quantitative estimate of drug-likeness (QED) is 0.606. The van der Waals surface area contributed by atoms with E-state index in [9.17, 15) is 4.79 Å². The Hall–Kier alpha value is -3.09. The lowest BCUT2D eigenvalue weighted by Crippen LogP contribution is -2.56. The number of hydrogen-bond acceptors (Lipinski definition) is 5. The normalized spacial score (nSPS) is 20.9.